The van der Waals surface area contributed by atoms with Crippen LogP contribution in [-0.4, -0.2) is 9.97 Å². The number of rotatable bonds is 1. The van der Waals surface area contributed by atoms with Crippen LogP contribution < -0.4 is 0 Å². The third kappa shape index (κ3) is 1.93. The standard InChI is InChI=1S/C9H6FIN2S/c1-5-8(11)13-9(14-5)6-2-7(10)4-12-3-6/h2-4H,1H3. The smallest absolute Gasteiger partial charge is 0.142 e. The second kappa shape index (κ2) is 3.90. The Kier molecular flexibility index (Phi) is 2.78. The molecular formula is C9H6FIN2S. The van der Waals surface area contributed by atoms with Gasteiger partial charge < -0.3 is 0 Å². The summed E-state index contributed by atoms with van der Waals surface area (Å²) in [6.07, 6.45) is 2.81. The minimum absolute atomic E-state index is 0.328. The van der Waals surface area contributed by atoms with Gasteiger partial charge in [0.15, 0.2) is 0 Å². The van der Waals surface area contributed by atoms with Gasteiger partial charge in [-0.3, -0.25) is 4.98 Å². The molecule has 72 valence electrons. The van der Waals surface area contributed by atoms with Gasteiger partial charge in [-0.15, -0.1) is 11.3 Å². The van der Waals surface area contributed by atoms with Crippen molar-refractivity contribution in [1.29, 1.82) is 0 Å². The Morgan fingerprint density at radius 2 is 2.21 bits per heavy atom. The monoisotopic (exact) mass is 320 g/mol. The van der Waals surface area contributed by atoms with E-state index in [-0.39, 0.29) is 5.82 Å². The van der Waals surface area contributed by atoms with Gasteiger partial charge in [0.2, 0.25) is 0 Å². The fourth-order valence-electron chi connectivity index (χ4n) is 1.03. The first-order chi connectivity index (χ1) is 6.66. The Morgan fingerprint density at radius 3 is 2.79 bits per heavy atom. The Morgan fingerprint density at radius 1 is 1.43 bits per heavy atom. The van der Waals surface area contributed by atoms with E-state index in [4.69, 9.17) is 0 Å². The highest BCUT2D eigenvalue weighted by atomic mass is 127. The van der Waals surface area contributed by atoms with E-state index in [0.29, 0.717) is 0 Å². The number of hydrogen-bond acceptors (Lipinski definition) is 3. The van der Waals surface area contributed by atoms with E-state index in [9.17, 15) is 4.39 Å². The maximum Gasteiger partial charge on any atom is 0.142 e. The first-order valence-corrected chi connectivity index (χ1v) is 5.80. The number of halogens is 2. The number of aromatic nitrogens is 2. The van der Waals surface area contributed by atoms with Crippen molar-refractivity contribution >= 4 is 33.9 Å². The molecule has 14 heavy (non-hydrogen) atoms. The van der Waals surface area contributed by atoms with Gasteiger partial charge in [0.25, 0.3) is 0 Å². The van der Waals surface area contributed by atoms with Crippen LogP contribution in [0.5, 0.6) is 0 Å². The Balaban J connectivity index is 2.49. The molecule has 0 aliphatic heterocycles. The van der Waals surface area contributed by atoms with Gasteiger partial charge in [0.1, 0.15) is 14.5 Å². The minimum Gasteiger partial charge on any atom is -0.261 e. The molecule has 0 fully saturated rings. The minimum atomic E-state index is -0.328. The van der Waals surface area contributed by atoms with Crippen molar-refractivity contribution < 1.29 is 4.39 Å². The highest BCUT2D eigenvalue weighted by Crippen LogP contribution is 2.27. The summed E-state index contributed by atoms with van der Waals surface area (Å²) >= 11 is 3.72. The van der Waals surface area contributed by atoms with Gasteiger partial charge >= 0.3 is 0 Å². The normalized spacial score (nSPS) is 10.5. The van der Waals surface area contributed by atoms with E-state index < -0.39 is 0 Å². The zero-order valence-corrected chi connectivity index (χ0v) is 10.3. The fraction of sp³-hybridized carbons (Fsp3) is 0.111. The lowest BCUT2D eigenvalue weighted by atomic mass is 10.3. The van der Waals surface area contributed by atoms with Crippen LogP contribution in [0, 0.1) is 16.4 Å². The number of pyridine rings is 1. The van der Waals surface area contributed by atoms with Crippen LogP contribution in [0.3, 0.4) is 0 Å². The third-order valence-corrected chi connectivity index (χ3v) is 4.13. The zero-order chi connectivity index (χ0) is 10.1. The molecular weight excluding hydrogens is 314 g/mol. The van der Waals surface area contributed by atoms with Crippen molar-refractivity contribution in [3.63, 3.8) is 0 Å². The molecule has 2 nitrogen and oxygen atoms in total. The van der Waals surface area contributed by atoms with Crippen molar-refractivity contribution in [3.8, 4) is 10.6 Å². The first-order valence-electron chi connectivity index (χ1n) is 3.90. The number of hydrogen-bond donors (Lipinski definition) is 0. The summed E-state index contributed by atoms with van der Waals surface area (Å²) in [5.74, 6) is -0.328. The number of aryl methyl sites for hydroxylation is 1. The van der Waals surface area contributed by atoms with Gasteiger partial charge in [-0.2, -0.15) is 0 Å². The number of nitrogens with zero attached hydrogens (tertiary/aromatic N) is 2. The van der Waals surface area contributed by atoms with Crippen LogP contribution in [0.25, 0.3) is 10.6 Å². The number of thiazole rings is 1. The summed E-state index contributed by atoms with van der Waals surface area (Å²) in [4.78, 5) is 9.25. The van der Waals surface area contributed by atoms with Gasteiger partial charge in [-0.05, 0) is 35.6 Å². The molecule has 0 radical (unpaired) electrons. The molecule has 2 aromatic rings. The summed E-state index contributed by atoms with van der Waals surface area (Å²) in [5, 5.41) is 0.818. The molecule has 0 aliphatic rings. The Hall–Kier alpha value is -0.560. The van der Waals surface area contributed by atoms with E-state index in [1.54, 1.807) is 17.5 Å². The van der Waals surface area contributed by atoms with Gasteiger partial charge in [0.05, 0.1) is 6.20 Å². The Bertz CT molecular complexity index is 450. The summed E-state index contributed by atoms with van der Waals surface area (Å²) < 4.78 is 13.8. The van der Waals surface area contributed by atoms with Crippen molar-refractivity contribution in [2.24, 2.45) is 0 Å². The molecule has 0 atom stereocenters. The summed E-state index contributed by atoms with van der Waals surface area (Å²) in [5.41, 5.74) is 0.737. The van der Waals surface area contributed by atoms with E-state index >= 15 is 0 Å². The quantitative estimate of drug-likeness (QED) is 0.754. The van der Waals surface area contributed by atoms with Crippen LogP contribution in [0.2, 0.25) is 0 Å². The maximum atomic E-state index is 12.9. The molecule has 0 N–H and O–H groups in total. The SMILES string of the molecule is Cc1sc(-c2cncc(F)c2)nc1I. The molecule has 0 amide bonds. The van der Waals surface area contributed by atoms with Gasteiger partial charge in [0, 0.05) is 16.6 Å². The van der Waals surface area contributed by atoms with E-state index in [2.05, 4.69) is 32.6 Å². The van der Waals surface area contributed by atoms with Crippen molar-refractivity contribution in [3.05, 3.63) is 32.9 Å². The van der Waals surface area contributed by atoms with E-state index in [1.807, 2.05) is 6.92 Å². The molecule has 0 bridgehead atoms. The highest BCUT2D eigenvalue weighted by molar-refractivity contribution is 14.1. The first kappa shape index (κ1) is 9.97. The lowest BCUT2D eigenvalue weighted by molar-refractivity contribution is 0.622. The molecule has 0 aromatic carbocycles. The van der Waals surface area contributed by atoms with Crippen molar-refractivity contribution in [2.45, 2.75) is 6.92 Å². The van der Waals surface area contributed by atoms with Crippen LogP contribution in [0.4, 0.5) is 4.39 Å². The van der Waals surface area contributed by atoms with Crippen LogP contribution in [-0.2, 0) is 0 Å². The highest BCUT2D eigenvalue weighted by Gasteiger charge is 2.07. The van der Waals surface area contributed by atoms with Gasteiger partial charge in [-0.25, -0.2) is 9.37 Å². The van der Waals surface area contributed by atoms with Crippen LogP contribution >= 0.6 is 33.9 Å². The predicted octanol–water partition coefficient (Wildman–Crippen LogP) is 3.26. The molecule has 0 spiro atoms. The molecule has 0 aliphatic carbocycles. The molecule has 2 heterocycles. The predicted molar refractivity (Wildman–Crippen MR) is 62.8 cm³/mol. The topological polar surface area (TPSA) is 25.8 Å². The van der Waals surface area contributed by atoms with Crippen molar-refractivity contribution in [1.82, 2.24) is 9.97 Å². The molecule has 0 saturated heterocycles. The average molecular weight is 320 g/mol. The largest absolute Gasteiger partial charge is 0.261 e. The molecule has 0 saturated carbocycles. The second-order valence-corrected chi connectivity index (χ2v) is 4.98. The zero-order valence-electron chi connectivity index (χ0n) is 7.29. The summed E-state index contributed by atoms with van der Waals surface area (Å²) in [6, 6.07) is 1.45. The lowest BCUT2D eigenvalue weighted by Crippen LogP contribution is -1.82. The molecule has 0 unspecified atom stereocenters. The fourth-order valence-corrected chi connectivity index (χ4v) is 2.55. The summed E-state index contributed by atoms with van der Waals surface area (Å²) in [6.45, 7) is 2.00. The van der Waals surface area contributed by atoms with E-state index in [0.717, 1.165) is 19.1 Å². The van der Waals surface area contributed by atoms with Crippen LogP contribution in [0.1, 0.15) is 4.88 Å². The van der Waals surface area contributed by atoms with Crippen molar-refractivity contribution in [2.75, 3.05) is 0 Å². The summed E-state index contributed by atoms with van der Waals surface area (Å²) in [7, 11) is 0. The maximum absolute atomic E-state index is 12.9. The third-order valence-electron chi connectivity index (χ3n) is 1.69. The Labute approximate surface area is 98.4 Å². The average Bonchev–Trinajstić information content (AvgIpc) is 2.47. The second-order valence-electron chi connectivity index (χ2n) is 2.76. The molecule has 2 rings (SSSR count). The van der Waals surface area contributed by atoms with Gasteiger partial charge in [-0.1, -0.05) is 0 Å². The lowest BCUT2D eigenvalue weighted by Gasteiger charge is -1.93. The molecule has 2 aromatic heterocycles. The van der Waals surface area contributed by atoms with E-state index in [1.165, 1.54) is 12.3 Å². The molecule has 5 heteroatoms. The van der Waals surface area contributed by atoms with Crippen LogP contribution in [0.15, 0.2) is 18.5 Å².